The van der Waals surface area contributed by atoms with E-state index in [1.807, 2.05) is 43.5 Å². The van der Waals surface area contributed by atoms with Gasteiger partial charge in [0.25, 0.3) is 5.91 Å². The lowest BCUT2D eigenvalue weighted by Gasteiger charge is -2.20. The highest BCUT2D eigenvalue weighted by Gasteiger charge is 2.35. The van der Waals surface area contributed by atoms with Gasteiger partial charge in [0, 0.05) is 6.42 Å². The Morgan fingerprint density at radius 3 is 3.00 bits per heavy atom. The van der Waals surface area contributed by atoms with E-state index in [-0.39, 0.29) is 17.4 Å². The van der Waals surface area contributed by atoms with Crippen LogP contribution in [-0.2, 0) is 4.79 Å². The molecule has 1 atom stereocenters. The molecule has 1 aliphatic heterocycles. The zero-order valence-electron chi connectivity index (χ0n) is 14.8. The summed E-state index contributed by atoms with van der Waals surface area (Å²) in [6.45, 7) is 3.83. The number of carbonyl (C=O) groups is 1. The van der Waals surface area contributed by atoms with Gasteiger partial charge in [0.15, 0.2) is 0 Å². The fourth-order valence-electron chi connectivity index (χ4n) is 2.64. The van der Waals surface area contributed by atoms with Crippen LogP contribution in [0.15, 0.2) is 45.4 Å². The summed E-state index contributed by atoms with van der Waals surface area (Å²) in [4.78, 5) is 13.8. The Kier molecular flexibility index (Phi) is 5.84. The molecule has 3 rings (SSSR count). The van der Waals surface area contributed by atoms with Crippen molar-refractivity contribution in [2.45, 2.75) is 32.7 Å². The largest absolute Gasteiger partial charge is 0.467 e. The smallest absolute Gasteiger partial charge is 0.253 e. The Bertz CT molecular complexity index is 804. The molecule has 1 amide bonds. The van der Waals surface area contributed by atoms with Gasteiger partial charge in [0.05, 0.1) is 34.1 Å². The van der Waals surface area contributed by atoms with Crippen LogP contribution in [0.1, 0.15) is 43.4 Å². The van der Waals surface area contributed by atoms with E-state index in [2.05, 4.69) is 11.2 Å². The number of furan rings is 1. The third kappa shape index (κ3) is 4.37. The summed E-state index contributed by atoms with van der Waals surface area (Å²) in [5.41, 5.74) is 0.565. The minimum atomic E-state index is -0.356. The molecule has 0 aromatic carbocycles. The molecule has 26 heavy (non-hydrogen) atoms. The Balaban J connectivity index is 1.66. The first-order chi connectivity index (χ1) is 12.5. The van der Waals surface area contributed by atoms with Crippen molar-refractivity contribution in [3.05, 3.63) is 46.5 Å². The summed E-state index contributed by atoms with van der Waals surface area (Å²) in [5.74, 6) is 1.84. The summed E-state index contributed by atoms with van der Waals surface area (Å²) >= 11 is 3.17. The number of amides is 1. The molecule has 5 nitrogen and oxygen atoms in total. The number of thioether (sulfide) groups is 1. The second-order valence-corrected chi connectivity index (χ2v) is 8.85. The van der Waals surface area contributed by atoms with Gasteiger partial charge in [-0.2, -0.15) is 22.1 Å². The van der Waals surface area contributed by atoms with Crippen molar-refractivity contribution in [2.75, 3.05) is 11.5 Å². The molecule has 0 fully saturated rings. The standard InChI is InChI=1S/C19H21N3O2S2/c1-19(2,13-20)7-10-25-12-18(23)22-15(16-5-3-8-24-16)11-14(21-22)17-6-4-9-26-17/h3-6,8-9,15H,7,10-12H2,1-2H3. The van der Waals surface area contributed by atoms with Crippen LogP contribution in [0.5, 0.6) is 0 Å². The Morgan fingerprint density at radius 1 is 1.50 bits per heavy atom. The molecule has 0 N–H and O–H groups in total. The average molecular weight is 388 g/mol. The highest BCUT2D eigenvalue weighted by molar-refractivity contribution is 7.99. The second kappa shape index (κ2) is 8.11. The molecule has 1 unspecified atom stereocenters. The Hall–Kier alpha value is -2.04. The van der Waals surface area contributed by atoms with Crippen molar-refractivity contribution in [1.82, 2.24) is 5.01 Å². The molecule has 3 heterocycles. The predicted octanol–water partition coefficient (Wildman–Crippen LogP) is 4.69. The molecule has 1 aliphatic rings. The molecule has 0 radical (unpaired) electrons. The first-order valence-corrected chi connectivity index (χ1v) is 10.5. The quantitative estimate of drug-likeness (QED) is 0.646. The van der Waals surface area contributed by atoms with Gasteiger partial charge in [-0.05, 0) is 49.6 Å². The molecule has 0 aliphatic carbocycles. The van der Waals surface area contributed by atoms with Gasteiger partial charge in [-0.15, -0.1) is 11.3 Å². The highest BCUT2D eigenvalue weighted by Crippen LogP contribution is 2.34. The monoisotopic (exact) mass is 387 g/mol. The van der Waals surface area contributed by atoms with Gasteiger partial charge in [-0.25, -0.2) is 5.01 Å². The normalized spacial score (nSPS) is 17.2. The first kappa shape index (κ1) is 18.7. The number of carbonyl (C=O) groups excluding carboxylic acids is 1. The van der Waals surface area contributed by atoms with Crippen LogP contribution in [-0.4, -0.2) is 28.1 Å². The summed E-state index contributed by atoms with van der Waals surface area (Å²) in [6.07, 6.45) is 3.04. The van der Waals surface area contributed by atoms with Crippen LogP contribution >= 0.6 is 23.1 Å². The number of nitriles is 1. The van der Waals surface area contributed by atoms with Crippen LogP contribution in [0.25, 0.3) is 0 Å². The Morgan fingerprint density at radius 2 is 2.35 bits per heavy atom. The number of hydrogen-bond donors (Lipinski definition) is 0. The van der Waals surface area contributed by atoms with E-state index in [9.17, 15) is 4.79 Å². The summed E-state index contributed by atoms with van der Waals surface area (Å²) in [5, 5.41) is 17.2. The Labute approximate surface area is 161 Å². The summed E-state index contributed by atoms with van der Waals surface area (Å²) in [7, 11) is 0. The molecule has 7 heteroatoms. The van der Waals surface area contributed by atoms with Crippen LogP contribution in [0.3, 0.4) is 0 Å². The van der Waals surface area contributed by atoms with Crippen LogP contribution in [0.4, 0.5) is 0 Å². The predicted molar refractivity (Wildman–Crippen MR) is 105 cm³/mol. The molecule has 0 spiro atoms. The van der Waals surface area contributed by atoms with Crippen molar-refractivity contribution in [3.63, 3.8) is 0 Å². The van der Waals surface area contributed by atoms with Crippen molar-refractivity contribution in [1.29, 1.82) is 5.26 Å². The molecular weight excluding hydrogens is 366 g/mol. The molecule has 136 valence electrons. The van der Waals surface area contributed by atoms with E-state index in [1.54, 1.807) is 34.4 Å². The van der Waals surface area contributed by atoms with Crippen LogP contribution < -0.4 is 0 Å². The van der Waals surface area contributed by atoms with E-state index in [4.69, 9.17) is 9.68 Å². The lowest BCUT2D eigenvalue weighted by Crippen LogP contribution is -2.28. The van der Waals surface area contributed by atoms with Crippen LogP contribution in [0, 0.1) is 16.7 Å². The van der Waals surface area contributed by atoms with E-state index in [1.165, 1.54) is 0 Å². The summed E-state index contributed by atoms with van der Waals surface area (Å²) < 4.78 is 5.54. The van der Waals surface area contributed by atoms with E-state index >= 15 is 0 Å². The lowest BCUT2D eigenvalue weighted by molar-refractivity contribution is -0.130. The molecule has 2 aromatic heterocycles. The van der Waals surface area contributed by atoms with Crippen molar-refractivity contribution < 1.29 is 9.21 Å². The molecule has 2 aromatic rings. The number of nitrogens with zero attached hydrogens (tertiary/aromatic N) is 3. The number of thiophene rings is 1. The van der Waals surface area contributed by atoms with Gasteiger partial charge < -0.3 is 4.42 Å². The van der Waals surface area contributed by atoms with Gasteiger partial charge in [-0.3, -0.25) is 4.79 Å². The fourth-order valence-corrected chi connectivity index (χ4v) is 4.47. The average Bonchev–Trinajstić information content (AvgIpc) is 3.38. The van der Waals surface area contributed by atoms with E-state index < -0.39 is 0 Å². The fraction of sp³-hybridized carbons (Fsp3) is 0.421. The minimum absolute atomic E-state index is 0.0299. The van der Waals surface area contributed by atoms with Crippen molar-refractivity contribution >= 4 is 34.7 Å². The highest BCUT2D eigenvalue weighted by atomic mass is 32.2. The summed E-state index contributed by atoms with van der Waals surface area (Å²) in [6, 6.07) is 9.83. The molecular formula is C19H21N3O2S2. The third-order valence-corrected chi connectivity index (χ3v) is 6.11. The van der Waals surface area contributed by atoms with Crippen molar-refractivity contribution in [2.24, 2.45) is 10.5 Å². The van der Waals surface area contributed by atoms with Gasteiger partial charge in [-0.1, -0.05) is 6.07 Å². The maximum absolute atomic E-state index is 12.8. The lowest BCUT2D eigenvalue weighted by atomic mass is 9.93. The SMILES string of the molecule is CC(C)(C#N)CCSCC(=O)N1N=C(c2cccs2)CC1c1ccco1. The molecule has 0 bridgehead atoms. The second-order valence-electron chi connectivity index (χ2n) is 6.80. The maximum Gasteiger partial charge on any atom is 0.253 e. The topological polar surface area (TPSA) is 69.6 Å². The third-order valence-electron chi connectivity index (χ3n) is 4.24. The minimum Gasteiger partial charge on any atom is -0.467 e. The van der Waals surface area contributed by atoms with Gasteiger partial charge in [0.1, 0.15) is 11.8 Å². The van der Waals surface area contributed by atoms with Crippen molar-refractivity contribution in [3.8, 4) is 6.07 Å². The van der Waals surface area contributed by atoms with Crippen LogP contribution in [0.2, 0.25) is 0 Å². The maximum atomic E-state index is 12.8. The molecule has 0 saturated carbocycles. The van der Waals surface area contributed by atoms with E-state index in [0.717, 1.165) is 28.5 Å². The zero-order valence-corrected chi connectivity index (χ0v) is 16.5. The van der Waals surface area contributed by atoms with E-state index in [0.29, 0.717) is 12.2 Å². The number of hydrazone groups is 1. The zero-order chi connectivity index (χ0) is 18.6. The van der Waals surface area contributed by atoms with Gasteiger partial charge >= 0.3 is 0 Å². The number of rotatable bonds is 7. The molecule has 0 saturated heterocycles. The van der Waals surface area contributed by atoms with Gasteiger partial charge in [0.2, 0.25) is 0 Å². The number of hydrogen-bond acceptors (Lipinski definition) is 6. The first-order valence-electron chi connectivity index (χ1n) is 8.46.